The molecule has 0 bridgehead atoms. The van der Waals surface area contributed by atoms with E-state index in [2.05, 4.69) is 5.32 Å². The number of aliphatic hydroxyl groups is 1. The average molecular weight is 860 g/mol. The Morgan fingerprint density at radius 1 is 0.898 bits per heavy atom. The van der Waals surface area contributed by atoms with E-state index in [1.54, 1.807) is 44.2 Å². The fourth-order valence-corrected chi connectivity index (χ4v) is 6.51. The summed E-state index contributed by atoms with van der Waals surface area (Å²) in [5.41, 5.74) is -6.91. The number of benzene rings is 1. The van der Waals surface area contributed by atoms with E-state index in [9.17, 15) is 43.2 Å². The number of esters is 4. The smallest absolute Gasteiger partial charge is 0.456 e. The number of aromatic nitrogens is 2. The number of carbonyl (C=O) groups excluding carboxylic acids is 5. The summed E-state index contributed by atoms with van der Waals surface area (Å²) in [6.45, 7) is 5.25. The van der Waals surface area contributed by atoms with Crippen LogP contribution in [-0.2, 0) is 67.7 Å². The van der Waals surface area contributed by atoms with Crippen molar-refractivity contribution in [1.82, 2.24) is 14.5 Å². The standard InChI is InChI=1S/C37H51FN3O17P/c1-22(2)29(39-16-27(43)26-12-10-9-11-13-26)32(47)51-19-41-28(44)14-15-40(35(41)48)34-36(8,49)33(57-25(7)42)37(17-38,58-34)18-54-59(50,55-20-52-30(45)23(3)4)56-21-53-31(46)24(5)6/h9-15,22-24,29,33-34,39,49H,16-21H2,1-8H3/t29?,33-,34?,36+,37+/m0/s1. The molecule has 2 heterocycles. The predicted molar refractivity (Wildman–Crippen MR) is 201 cm³/mol. The molecule has 59 heavy (non-hydrogen) atoms. The highest BCUT2D eigenvalue weighted by Gasteiger charge is 2.65. The third kappa shape index (κ3) is 12.7. The maximum Gasteiger partial charge on any atom is 0.480 e. The van der Waals surface area contributed by atoms with Crippen LogP contribution in [0.3, 0.4) is 0 Å². The van der Waals surface area contributed by atoms with Gasteiger partial charge >= 0.3 is 37.4 Å². The Balaban J connectivity index is 1.91. The van der Waals surface area contributed by atoms with Crippen molar-refractivity contribution in [3.63, 3.8) is 0 Å². The number of nitrogens with one attached hydrogen (secondary N) is 1. The van der Waals surface area contributed by atoms with Gasteiger partial charge in [0.15, 0.2) is 30.4 Å². The van der Waals surface area contributed by atoms with Gasteiger partial charge in [0.1, 0.15) is 18.3 Å². The molecular formula is C37H51FN3O17P. The van der Waals surface area contributed by atoms with Gasteiger partial charge in [-0.2, -0.15) is 0 Å². The van der Waals surface area contributed by atoms with Crippen LogP contribution in [0.1, 0.15) is 72.0 Å². The Morgan fingerprint density at radius 3 is 1.98 bits per heavy atom. The lowest BCUT2D eigenvalue weighted by Gasteiger charge is -2.34. The minimum absolute atomic E-state index is 0.234. The molecule has 5 atom stereocenters. The molecule has 22 heteroatoms. The SMILES string of the molecule is CC(=O)O[C@@H]1[C@@](CF)(COP(=O)(OCOC(=O)C(C)C)OCOC(=O)C(C)C)OC(n2ccc(=O)n(COC(=O)C(NCC(=O)c3ccccc3)C(C)C)c2=O)[C@]1(C)O. The van der Waals surface area contributed by atoms with Crippen molar-refractivity contribution in [2.24, 2.45) is 17.8 Å². The average Bonchev–Trinajstić information content (AvgIpc) is 3.38. The van der Waals surface area contributed by atoms with Crippen molar-refractivity contribution < 1.29 is 75.3 Å². The van der Waals surface area contributed by atoms with Crippen LogP contribution in [0.2, 0.25) is 0 Å². The molecule has 1 aliphatic rings. The molecule has 0 aliphatic carbocycles. The van der Waals surface area contributed by atoms with Crippen LogP contribution in [-0.4, -0.2) is 101 Å². The highest BCUT2D eigenvalue weighted by molar-refractivity contribution is 7.48. The van der Waals surface area contributed by atoms with E-state index in [4.69, 9.17) is 37.3 Å². The van der Waals surface area contributed by atoms with Crippen LogP contribution in [0.5, 0.6) is 0 Å². The molecular weight excluding hydrogens is 808 g/mol. The molecule has 1 saturated heterocycles. The third-order valence-electron chi connectivity index (χ3n) is 8.78. The number of ketones is 1. The number of carbonyl (C=O) groups is 5. The third-order valence-corrected chi connectivity index (χ3v) is 10.1. The molecule has 0 spiro atoms. The molecule has 3 rings (SSSR count). The zero-order chi connectivity index (χ0) is 44.3. The van der Waals surface area contributed by atoms with Crippen LogP contribution in [0.4, 0.5) is 4.39 Å². The monoisotopic (exact) mass is 859 g/mol. The molecule has 1 aromatic heterocycles. The van der Waals surface area contributed by atoms with Crippen molar-refractivity contribution >= 4 is 37.5 Å². The highest BCUT2D eigenvalue weighted by Crippen LogP contribution is 2.53. The summed E-state index contributed by atoms with van der Waals surface area (Å²) >= 11 is 0. The lowest BCUT2D eigenvalue weighted by Crippen LogP contribution is -2.55. The molecule has 1 aromatic carbocycles. The number of alkyl halides is 1. The van der Waals surface area contributed by atoms with Crippen LogP contribution in [0, 0.1) is 17.8 Å². The van der Waals surface area contributed by atoms with Gasteiger partial charge in [-0.25, -0.2) is 27.4 Å². The van der Waals surface area contributed by atoms with E-state index in [1.165, 1.54) is 27.7 Å². The zero-order valence-electron chi connectivity index (χ0n) is 33.9. The number of phosphoric ester groups is 1. The molecule has 0 saturated carbocycles. The number of rotatable bonds is 22. The number of hydrogen-bond acceptors (Lipinski definition) is 18. The molecule has 1 aliphatic heterocycles. The van der Waals surface area contributed by atoms with Gasteiger partial charge in [-0.3, -0.25) is 43.2 Å². The summed E-state index contributed by atoms with van der Waals surface area (Å²) in [4.78, 5) is 88.8. The van der Waals surface area contributed by atoms with Gasteiger partial charge in [0.05, 0.1) is 25.0 Å². The van der Waals surface area contributed by atoms with E-state index >= 15 is 4.39 Å². The van der Waals surface area contributed by atoms with E-state index < -0.39 is 124 Å². The maximum absolute atomic E-state index is 15.3. The first-order valence-corrected chi connectivity index (χ1v) is 19.9. The first-order chi connectivity index (χ1) is 27.6. The first kappa shape index (κ1) is 48.7. The molecule has 0 radical (unpaired) electrons. The number of Topliss-reactive ketones (excluding diaryl/α,β-unsaturated/α-hetero) is 1. The topological polar surface area (TPSA) is 253 Å². The second-order valence-corrected chi connectivity index (χ2v) is 16.3. The Bertz CT molecular complexity index is 1940. The number of phosphoric acid groups is 1. The van der Waals surface area contributed by atoms with Gasteiger partial charge in [0, 0.05) is 24.8 Å². The number of nitrogens with zero attached hydrogens (tertiary/aromatic N) is 2. The molecule has 0 amide bonds. The van der Waals surface area contributed by atoms with Crippen molar-refractivity contribution in [1.29, 1.82) is 0 Å². The fourth-order valence-electron chi connectivity index (χ4n) is 5.54. The Morgan fingerprint density at radius 2 is 1.47 bits per heavy atom. The molecule has 2 unspecified atom stereocenters. The van der Waals surface area contributed by atoms with Gasteiger partial charge in [0.25, 0.3) is 5.56 Å². The molecule has 2 N–H and O–H groups in total. The fraction of sp³-hybridized carbons (Fsp3) is 0.595. The Labute approximate surface area is 338 Å². The van der Waals surface area contributed by atoms with Crippen molar-refractivity contribution in [2.75, 3.05) is 33.4 Å². The number of halogens is 1. The van der Waals surface area contributed by atoms with Crippen molar-refractivity contribution in [3.8, 4) is 0 Å². The minimum atomic E-state index is -4.99. The lowest BCUT2D eigenvalue weighted by atomic mass is 9.88. The van der Waals surface area contributed by atoms with Gasteiger partial charge in [0.2, 0.25) is 13.6 Å². The van der Waals surface area contributed by atoms with Crippen molar-refractivity contribution in [2.45, 2.75) is 91.7 Å². The van der Waals surface area contributed by atoms with E-state index in [0.29, 0.717) is 14.7 Å². The molecule has 1 fully saturated rings. The van der Waals surface area contributed by atoms with Gasteiger partial charge in [-0.1, -0.05) is 71.9 Å². The van der Waals surface area contributed by atoms with E-state index in [1.807, 2.05) is 0 Å². The molecule has 20 nitrogen and oxygen atoms in total. The molecule has 328 valence electrons. The highest BCUT2D eigenvalue weighted by atomic mass is 31.2. The van der Waals surface area contributed by atoms with Gasteiger partial charge in [-0.05, 0) is 12.8 Å². The van der Waals surface area contributed by atoms with Crippen LogP contribution < -0.4 is 16.6 Å². The predicted octanol–water partition coefficient (Wildman–Crippen LogP) is 2.40. The van der Waals surface area contributed by atoms with Gasteiger partial charge in [-0.15, -0.1) is 0 Å². The van der Waals surface area contributed by atoms with E-state index in [-0.39, 0.29) is 12.3 Å². The quantitative estimate of drug-likeness (QED) is 0.0567. The Kier molecular flexibility index (Phi) is 17.4. The van der Waals surface area contributed by atoms with Crippen LogP contribution >= 0.6 is 7.82 Å². The summed E-state index contributed by atoms with van der Waals surface area (Å²) in [5.74, 6) is -5.50. The number of ether oxygens (including phenoxy) is 5. The van der Waals surface area contributed by atoms with Gasteiger partial charge < -0.3 is 28.8 Å². The summed E-state index contributed by atoms with van der Waals surface area (Å²) in [6.07, 6.45) is -3.12. The summed E-state index contributed by atoms with van der Waals surface area (Å²) < 4.78 is 71.9. The first-order valence-electron chi connectivity index (χ1n) is 18.4. The normalized spacial score (nSPS) is 21.0. The van der Waals surface area contributed by atoms with Crippen LogP contribution in [0.25, 0.3) is 0 Å². The lowest BCUT2D eigenvalue weighted by molar-refractivity contribution is -0.174. The second-order valence-electron chi connectivity index (χ2n) is 14.6. The maximum atomic E-state index is 15.3. The zero-order valence-corrected chi connectivity index (χ0v) is 34.8. The largest absolute Gasteiger partial charge is 0.480 e. The summed E-state index contributed by atoms with van der Waals surface area (Å²) in [5, 5.41) is 14.6. The number of hydrogen-bond donors (Lipinski definition) is 2. The Hall–Kier alpha value is -4.63. The molecule has 2 aromatic rings. The van der Waals surface area contributed by atoms with E-state index in [0.717, 1.165) is 26.1 Å². The second kappa shape index (κ2) is 21.1. The summed E-state index contributed by atoms with van der Waals surface area (Å²) in [7, 11) is -4.99. The minimum Gasteiger partial charge on any atom is -0.456 e. The summed E-state index contributed by atoms with van der Waals surface area (Å²) in [6, 6.07) is 8.12. The van der Waals surface area contributed by atoms with Crippen molar-refractivity contribution in [3.05, 3.63) is 69.0 Å². The van der Waals surface area contributed by atoms with Crippen LogP contribution in [0.15, 0.2) is 52.2 Å².